The maximum atomic E-state index is 11.4. The van der Waals surface area contributed by atoms with Gasteiger partial charge in [-0.15, -0.1) is 0 Å². The number of anilines is 2. The number of para-hydroxylation sites is 2. The molecule has 18 heavy (non-hydrogen) atoms. The molecule has 0 spiro atoms. The number of urea groups is 1. The molecule has 0 aromatic heterocycles. The first-order chi connectivity index (χ1) is 8.50. The highest BCUT2D eigenvalue weighted by Crippen LogP contribution is 2.16. The normalized spacial score (nSPS) is 11.6. The Labute approximate surface area is 104 Å². The lowest BCUT2D eigenvalue weighted by atomic mass is 10.2. The molecule has 0 radical (unpaired) electrons. The zero-order valence-corrected chi connectivity index (χ0v) is 9.59. The second kappa shape index (κ2) is 6.45. The number of carbonyl (C=O) groups excluding carboxylic acids is 1. The summed E-state index contributed by atoms with van der Waals surface area (Å²) in [6, 6.07) is 6.23. The van der Waals surface area contributed by atoms with Gasteiger partial charge in [-0.3, -0.25) is 0 Å². The SMILES string of the molecule is Nc1ccccc1NC(=O)NCCC(O)C(=O)O. The number of carboxylic acids is 1. The number of aliphatic hydroxyl groups excluding tert-OH is 1. The number of hydrogen-bond donors (Lipinski definition) is 5. The van der Waals surface area contributed by atoms with E-state index in [4.69, 9.17) is 15.9 Å². The molecule has 1 atom stereocenters. The topological polar surface area (TPSA) is 125 Å². The van der Waals surface area contributed by atoms with Gasteiger partial charge in [0.25, 0.3) is 0 Å². The van der Waals surface area contributed by atoms with Crippen molar-refractivity contribution in [1.82, 2.24) is 5.32 Å². The highest BCUT2D eigenvalue weighted by atomic mass is 16.4. The average Bonchev–Trinajstić information content (AvgIpc) is 2.32. The molecule has 0 bridgehead atoms. The summed E-state index contributed by atoms with van der Waals surface area (Å²) >= 11 is 0. The summed E-state index contributed by atoms with van der Waals surface area (Å²) in [6.45, 7) is 0.0477. The third-order valence-electron chi connectivity index (χ3n) is 2.20. The molecular formula is C11H15N3O4. The van der Waals surface area contributed by atoms with Crippen molar-refractivity contribution in [3.8, 4) is 0 Å². The number of aliphatic hydroxyl groups is 1. The first kappa shape index (κ1) is 13.8. The van der Waals surface area contributed by atoms with Gasteiger partial charge < -0.3 is 26.6 Å². The van der Waals surface area contributed by atoms with Crippen LogP contribution < -0.4 is 16.4 Å². The fourth-order valence-corrected chi connectivity index (χ4v) is 1.22. The van der Waals surface area contributed by atoms with Crippen molar-refractivity contribution in [2.24, 2.45) is 0 Å². The van der Waals surface area contributed by atoms with Gasteiger partial charge in [0.1, 0.15) is 0 Å². The average molecular weight is 253 g/mol. The van der Waals surface area contributed by atoms with Crippen molar-refractivity contribution in [3.63, 3.8) is 0 Å². The van der Waals surface area contributed by atoms with Crippen LogP contribution in [0.2, 0.25) is 0 Å². The van der Waals surface area contributed by atoms with Gasteiger partial charge in [-0.2, -0.15) is 0 Å². The zero-order chi connectivity index (χ0) is 13.5. The van der Waals surface area contributed by atoms with Crippen LogP contribution in [-0.4, -0.2) is 34.9 Å². The van der Waals surface area contributed by atoms with Crippen LogP contribution in [0.1, 0.15) is 6.42 Å². The number of benzene rings is 1. The molecule has 7 heteroatoms. The molecular weight excluding hydrogens is 238 g/mol. The van der Waals surface area contributed by atoms with Crippen LogP contribution >= 0.6 is 0 Å². The Hall–Kier alpha value is -2.28. The Bertz CT molecular complexity index is 436. The van der Waals surface area contributed by atoms with Crippen molar-refractivity contribution >= 4 is 23.4 Å². The molecule has 0 aliphatic heterocycles. The standard InChI is InChI=1S/C11H15N3O4/c12-7-3-1-2-4-8(7)14-11(18)13-6-5-9(15)10(16)17/h1-4,9,15H,5-6,12H2,(H,16,17)(H2,13,14,18). The second-order valence-electron chi connectivity index (χ2n) is 3.61. The summed E-state index contributed by atoms with van der Waals surface area (Å²) in [5, 5.41) is 22.3. The molecule has 0 fully saturated rings. The number of rotatable bonds is 5. The molecule has 1 aromatic rings. The minimum Gasteiger partial charge on any atom is -0.479 e. The third-order valence-corrected chi connectivity index (χ3v) is 2.20. The minimum absolute atomic E-state index is 0.0477. The van der Waals surface area contributed by atoms with E-state index in [1.54, 1.807) is 24.3 Å². The van der Waals surface area contributed by atoms with Gasteiger partial charge in [-0.25, -0.2) is 9.59 Å². The summed E-state index contributed by atoms with van der Waals surface area (Å²) in [5.41, 5.74) is 6.52. The van der Waals surface area contributed by atoms with Gasteiger partial charge in [-0.1, -0.05) is 12.1 Å². The van der Waals surface area contributed by atoms with Gasteiger partial charge in [-0.05, 0) is 12.1 Å². The molecule has 98 valence electrons. The predicted octanol–water partition coefficient (Wildman–Crippen LogP) is 0.226. The van der Waals surface area contributed by atoms with Crippen LogP contribution in [0.25, 0.3) is 0 Å². The van der Waals surface area contributed by atoms with E-state index in [0.29, 0.717) is 11.4 Å². The van der Waals surface area contributed by atoms with Gasteiger partial charge in [0.05, 0.1) is 11.4 Å². The maximum Gasteiger partial charge on any atom is 0.332 e. The summed E-state index contributed by atoms with van der Waals surface area (Å²) in [7, 11) is 0. The fourth-order valence-electron chi connectivity index (χ4n) is 1.22. The van der Waals surface area contributed by atoms with Crippen LogP contribution in [0.3, 0.4) is 0 Å². The monoisotopic (exact) mass is 253 g/mol. The number of carboxylic acid groups (broad SMARTS) is 1. The van der Waals surface area contributed by atoms with E-state index in [9.17, 15) is 9.59 Å². The van der Waals surface area contributed by atoms with Crippen LogP contribution in [0.15, 0.2) is 24.3 Å². The van der Waals surface area contributed by atoms with E-state index in [0.717, 1.165) is 0 Å². The van der Waals surface area contributed by atoms with Crippen LogP contribution in [-0.2, 0) is 4.79 Å². The van der Waals surface area contributed by atoms with Crippen LogP contribution in [0, 0.1) is 0 Å². The molecule has 0 heterocycles. The van der Waals surface area contributed by atoms with E-state index in [1.165, 1.54) is 0 Å². The van der Waals surface area contributed by atoms with Crippen molar-refractivity contribution in [3.05, 3.63) is 24.3 Å². The Morgan fingerprint density at radius 2 is 2.00 bits per heavy atom. The van der Waals surface area contributed by atoms with Gasteiger partial charge >= 0.3 is 12.0 Å². The Morgan fingerprint density at radius 1 is 1.33 bits per heavy atom. The van der Waals surface area contributed by atoms with Crippen molar-refractivity contribution in [2.75, 3.05) is 17.6 Å². The lowest BCUT2D eigenvalue weighted by Crippen LogP contribution is -2.33. The number of aliphatic carboxylic acids is 1. The Kier molecular flexibility index (Phi) is 4.94. The molecule has 0 saturated carbocycles. The molecule has 0 aliphatic carbocycles. The number of nitrogen functional groups attached to an aromatic ring is 1. The quantitative estimate of drug-likeness (QED) is 0.480. The third kappa shape index (κ3) is 4.30. The number of nitrogens with one attached hydrogen (secondary N) is 2. The van der Waals surface area contributed by atoms with Gasteiger partial charge in [0, 0.05) is 13.0 Å². The first-order valence-corrected chi connectivity index (χ1v) is 5.31. The van der Waals surface area contributed by atoms with Crippen LogP contribution in [0.5, 0.6) is 0 Å². The van der Waals surface area contributed by atoms with E-state index in [-0.39, 0.29) is 13.0 Å². The van der Waals surface area contributed by atoms with E-state index >= 15 is 0 Å². The highest BCUT2D eigenvalue weighted by molar-refractivity contribution is 5.92. The second-order valence-corrected chi connectivity index (χ2v) is 3.61. The summed E-state index contributed by atoms with van der Waals surface area (Å²) in [6.07, 6.45) is -1.54. The number of carbonyl (C=O) groups is 2. The van der Waals surface area contributed by atoms with Crippen molar-refractivity contribution < 1.29 is 19.8 Å². The van der Waals surface area contributed by atoms with E-state index in [2.05, 4.69) is 10.6 Å². The predicted molar refractivity (Wildman–Crippen MR) is 66.1 cm³/mol. The molecule has 1 aromatic carbocycles. The zero-order valence-electron chi connectivity index (χ0n) is 9.59. The fraction of sp³-hybridized carbons (Fsp3) is 0.273. The Morgan fingerprint density at radius 3 is 2.61 bits per heavy atom. The van der Waals surface area contributed by atoms with E-state index < -0.39 is 18.1 Å². The lowest BCUT2D eigenvalue weighted by Gasteiger charge is -2.10. The van der Waals surface area contributed by atoms with Crippen LogP contribution in [0.4, 0.5) is 16.2 Å². The molecule has 1 rings (SSSR count). The minimum atomic E-state index is -1.48. The van der Waals surface area contributed by atoms with Gasteiger partial charge in [0.2, 0.25) is 0 Å². The Balaban J connectivity index is 2.35. The molecule has 0 aliphatic rings. The smallest absolute Gasteiger partial charge is 0.332 e. The summed E-state index contributed by atoms with van der Waals surface area (Å²) < 4.78 is 0. The highest BCUT2D eigenvalue weighted by Gasteiger charge is 2.12. The number of hydrogen-bond acceptors (Lipinski definition) is 4. The number of nitrogens with two attached hydrogens (primary N) is 1. The van der Waals surface area contributed by atoms with Crippen molar-refractivity contribution in [1.29, 1.82) is 0 Å². The molecule has 2 amide bonds. The number of amides is 2. The van der Waals surface area contributed by atoms with E-state index in [1.807, 2.05) is 0 Å². The molecule has 0 saturated heterocycles. The largest absolute Gasteiger partial charge is 0.479 e. The summed E-state index contributed by atoms with van der Waals surface area (Å²) in [5.74, 6) is -1.32. The molecule has 1 unspecified atom stereocenters. The first-order valence-electron chi connectivity index (χ1n) is 5.31. The summed E-state index contributed by atoms with van der Waals surface area (Å²) in [4.78, 5) is 21.7. The van der Waals surface area contributed by atoms with Crippen molar-refractivity contribution in [2.45, 2.75) is 12.5 Å². The van der Waals surface area contributed by atoms with Gasteiger partial charge in [0.15, 0.2) is 6.10 Å². The lowest BCUT2D eigenvalue weighted by molar-refractivity contribution is -0.146. The maximum absolute atomic E-state index is 11.4. The molecule has 7 nitrogen and oxygen atoms in total. The molecule has 6 N–H and O–H groups in total.